The predicted octanol–water partition coefficient (Wildman–Crippen LogP) is 3.80. The van der Waals surface area contributed by atoms with Gasteiger partial charge in [-0.2, -0.15) is 5.10 Å². The fraction of sp³-hybridized carbons (Fsp3) is 0.167. The molecule has 0 aliphatic heterocycles. The van der Waals surface area contributed by atoms with Crippen LogP contribution in [0.15, 0.2) is 47.6 Å². The quantitative estimate of drug-likeness (QED) is 0.531. The van der Waals surface area contributed by atoms with Crippen molar-refractivity contribution in [2.45, 2.75) is 6.92 Å². The van der Waals surface area contributed by atoms with Gasteiger partial charge in [0.2, 0.25) is 0 Å². The lowest BCUT2D eigenvalue weighted by Crippen LogP contribution is -2.26. The Morgan fingerprint density at radius 2 is 2.04 bits per heavy atom. The van der Waals surface area contributed by atoms with Crippen LogP contribution in [0.5, 0.6) is 5.75 Å². The molecule has 1 N–H and O–H groups in total. The van der Waals surface area contributed by atoms with Crippen molar-refractivity contribution in [3.8, 4) is 5.75 Å². The molecule has 6 nitrogen and oxygen atoms in total. The molecular weight excluding hydrogens is 375 g/mol. The number of hydrogen-bond donors (Lipinski definition) is 1. The van der Waals surface area contributed by atoms with Crippen LogP contribution in [0.25, 0.3) is 11.0 Å². The SMILES string of the molecule is C/C(=N\NC(=O)COc1cc(Cl)ccc1Cl)c1nc2ccccc2n1C. The number of nitrogens with one attached hydrogen (secondary N) is 1. The summed E-state index contributed by atoms with van der Waals surface area (Å²) < 4.78 is 7.29. The van der Waals surface area contributed by atoms with E-state index in [1.54, 1.807) is 25.1 Å². The van der Waals surface area contributed by atoms with Crippen LogP contribution < -0.4 is 10.2 Å². The molecule has 134 valence electrons. The molecule has 2 aromatic carbocycles. The maximum absolute atomic E-state index is 12.0. The maximum atomic E-state index is 12.0. The van der Waals surface area contributed by atoms with E-state index in [0.717, 1.165) is 11.0 Å². The smallest absolute Gasteiger partial charge is 0.277 e. The van der Waals surface area contributed by atoms with Gasteiger partial charge in [0.05, 0.1) is 16.1 Å². The number of halogens is 2. The monoisotopic (exact) mass is 390 g/mol. The van der Waals surface area contributed by atoms with Crippen molar-refractivity contribution in [2.75, 3.05) is 6.61 Å². The van der Waals surface area contributed by atoms with E-state index in [1.165, 1.54) is 0 Å². The number of nitrogens with zero attached hydrogens (tertiary/aromatic N) is 3. The third-order valence-corrected chi connectivity index (χ3v) is 4.26. The molecule has 0 unspecified atom stereocenters. The molecule has 0 spiro atoms. The fourth-order valence-corrected chi connectivity index (χ4v) is 2.76. The highest BCUT2D eigenvalue weighted by atomic mass is 35.5. The Morgan fingerprint density at radius 3 is 2.81 bits per heavy atom. The third kappa shape index (κ3) is 3.98. The van der Waals surface area contributed by atoms with Crippen LogP contribution in [0.2, 0.25) is 10.0 Å². The number of aromatic nitrogens is 2. The predicted molar refractivity (Wildman–Crippen MR) is 103 cm³/mol. The largest absolute Gasteiger partial charge is 0.482 e. The zero-order chi connectivity index (χ0) is 18.7. The third-order valence-electron chi connectivity index (χ3n) is 3.71. The minimum Gasteiger partial charge on any atom is -0.482 e. The molecule has 0 saturated heterocycles. The summed E-state index contributed by atoms with van der Waals surface area (Å²) in [6.07, 6.45) is 0. The first-order valence-corrected chi connectivity index (χ1v) is 8.54. The molecule has 3 rings (SSSR count). The number of amides is 1. The Morgan fingerprint density at radius 1 is 1.27 bits per heavy atom. The average molecular weight is 391 g/mol. The maximum Gasteiger partial charge on any atom is 0.277 e. The molecule has 3 aromatic rings. The van der Waals surface area contributed by atoms with Crippen LogP contribution in [0.3, 0.4) is 0 Å². The highest BCUT2D eigenvalue weighted by Crippen LogP contribution is 2.27. The molecule has 1 heterocycles. The van der Waals surface area contributed by atoms with Gasteiger partial charge in [-0.05, 0) is 31.2 Å². The van der Waals surface area contributed by atoms with Gasteiger partial charge in [0.25, 0.3) is 5.91 Å². The van der Waals surface area contributed by atoms with E-state index < -0.39 is 5.91 Å². The summed E-state index contributed by atoms with van der Waals surface area (Å²) in [5.74, 6) is 0.592. The van der Waals surface area contributed by atoms with Crippen LogP contribution in [-0.4, -0.2) is 27.8 Å². The number of carbonyl (C=O) groups excluding carboxylic acids is 1. The van der Waals surface area contributed by atoms with Gasteiger partial charge in [0.15, 0.2) is 12.4 Å². The van der Waals surface area contributed by atoms with Crippen molar-refractivity contribution in [1.29, 1.82) is 0 Å². The number of benzene rings is 2. The molecule has 1 aromatic heterocycles. The number of hydrogen-bond acceptors (Lipinski definition) is 4. The van der Waals surface area contributed by atoms with Gasteiger partial charge < -0.3 is 9.30 Å². The van der Waals surface area contributed by atoms with Gasteiger partial charge in [-0.1, -0.05) is 35.3 Å². The minimum absolute atomic E-state index is 0.237. The summed E-state index contributed by atoms with van der Waals surface area (Å²) >= 11 is 11.9. The van der Waals surface area contributed by atoms with Crippen molar-refractivity contribution in [3.05, 3.63) is 58.3 Å². The van der Waals surface area contributed by atoms with Gasteiger partial charge in [-0.3, -0.25) is 4.79 Å². The number of rotatable bonds is 5. The van der Waals surface area contributed by atoms with Crippen LogP contribution in [0, 0.1) is 0 Å². The molecular formula is C18H16Cl2N4O2. The molecule has 0 saturated carbocycles. The molecule has 0 fully saturated rings. The first-order valence-electron chi connectivity index (χ1n) is 7.78. The summed E-state index contributed by atoms with van der Waals surface area (Å²) in [5.41, 5.74) is 4.89. The number of ether oxygens (including phenoxy) is 1. The van der Waals surface area contributed by atoms with Gasteiger partial charge in [0.1, 0.15) is 11.5 Å². The lowest BCUT2D eigenvalue weighted by atomic mass is 10.3. The Hall–Kier alpha value is -2.57. The van der Waals surface area contributed by atoms with E-state index in [0.29, 0.717) is 27.3 Å². The van der Waals surface area contributed by atoms with Gasteiger partial charge >= 0.3 is 0 Å². The van der Waals surface area contributed by atoms with Crippen LogP contribution in [0.1, 0.15) is 12.7 Å². The highest BCUT2D eigenvalue weighted by Gasteiger charge is 2.11. The van der Waals surface area contributed by atoms with Gasteiger partial charge in [-0.25, -0.2) is 10.4 Å². The van der Waals surface area contributed by atoms with Crippen LogP contribution >= 0.6 is 23.2 Å². The van der Waals surface area contributed by atoms with Crippen molar-refractivity contribution >= 4 is 45.9 Å². The average Bonchev–Trinajstić information content (AvgIpc) is 2.97. The van der Waals surface area contributed by atoms with E-state index >= 15 is 0 Å². The Labute approximate surface area is 160 Å². The summed E-state index contributed by atoms with van der Waals surface area (Å²) in [7, 11) is 1.90. The standard InChI is InChI=1S/C18H16Cl2N4O2/c1-11(18-21-14-5-3-4-6-15(14)24(18)2)22-23-17(25)10-26-16-9-12(19)7-8-13(16)20/h3-9H,10H2,1-2H3,(H,23,25)/b22-11+. The summed E-state index contributed by atoms with van der Waals surface area (Å²) in [4.78, 5) is 16.5. The molecule has 0 aliphatic rings. The number of para-hydroxylation sites is 2. The van der Waals surface area contributed by atoms with Gasteiger partial charge in [0, 0.05) is 18.1 Å². The number of fused-ring (bicyclic) bond motifs is 1. The van der Waals surface area contributed by atoms with Crippen molar-refractivity contribution in [3.63, 3.8) is 0 Å². The number of aryl methyl sites for hydroxylation is 1. The Balaban J connectivity index is 1.65. The molecule has 0 atom stereocenters. The first-order chi connectivity index (χ1) is 12.5. The fourth-order valence-electron chi connectivity index (χ4n) is 2.43. The highest BCUT2D eigenvalue weighted by molar-refractivity contribution is 6.34. The van der Waals surface area contributed by atoms with Crippen LogP contribution in [0.4, 0.5) is 0 Å². The number of hydrazone groups is 1. The second kappa shape index (κ2) is 7.76. The van der Waals surface area contributed by atoms with Crippen molar-refractivity contribution in [1.82, 2.24) is 15.0 Å². The summed E-state index contributed by atoms with van der Waals surface area (Å²) in [6, 6.07) is 12.6. The van der Waals surface area contributed by atoms with Gasteiger partial charge in [-0.15, -0.1) is 0 Å². The zero-order valence-electron chi connectivity index (χ0n) is 14.2. The van der Waals surface area contributed by atoms with E-state index in [-0.39, 0.29) is 6.61 Å². The molecule has 0 radical (unpaired) electrons. The molecule has 1 amide bonds. The first kappa shape index (κ1) is 18.2. The summed E-state index contributed by atoms with van der Waals surface area (Å²) in [6.45, 7) is 1.54. The lowest BCUT2D eigenvalue weighted by molar-refractivity contribution is -0.123. The molecule has 26 heavy (non-hydrogen) atoms. The molecule has 0 bridgehead atoms. The van der Waals surface area contributed by atoms with E-state index in [4.69, 9.17) is 27.9 Å². The van der Waals surface area contributed by atoms with E-state index in [2.05, 4.69) is 15.5 Å². The Kier molecular flexibility index (Phi) is 5.44. The van der Waals surface area contributed by atoms with Crippen molar-refractivity contribution in [2.24, 2.45) is 12.1 Å². The molecule has 0 aliphatic carbocycles. The second-order valence-electron chi connectivity index (χ2n) is 5.58. The molecule has 8 heteroatoms. The number of carbonyl (C=O) groups is 1. The normalized spacial score (nSPS) is 11.6. The van der Waals surface area contributed by atoms with Crippen LogP contribution in [-0.2, 0) is 11.8 Å². The number of imidazole rings is 1. The van der Waals surface area contributed by atoms with E-state index in [1.807, 2.05) is 35.9 Å². The minimum atomic E-state index is -0.417. The zero-order valence-corrected chi connectivity index (χ0v) is 15.7. The topological polar surface area (TPSA) is 68.5 Å². The lowest BCUT2D eigenvalue weighted by Gasteiger charge is -2.07. The summed E-state index contributed by atoms with van der Waals surface area (Å²) in [5, 5.41) is 4.95. The van der Waals surface area contributed by atoms with Crippen molar-refractivity contribution < 1.29 is 9.53 Å². The van der Waals surface area contributed by atoms with E-state index in [9.17, 15) is 4.79 Å². The Bertz CT molecular complexity index is 998. The second-order valence-corrected chi connectivity index (χ2v) is 6.42.